The van der Waals surface area contributed by atoms with Crippen molar-refractivity contribution in [3.05, 3.63) is 53.7 Å². The molecule has 1 atom stereocenters. The van der Waals surface area contributed by atoms with E-state index in [9.17, 15) is 4.79 Å². The molecule has 0 aliphatic carbocycles. The lowest BCUT2D eigenvalue weighted by molar-refractivity contribution is 0.103. The van der Waals surface area contributed by atoms with Crippen molar-refractivity contribution >= 4 is 11.6 Å². The molecule has 0 bridgehead atoms. The summed E-state index contributed by atoms with van der Waals surface area (Å²) < 4.78 is 5.80. The molecule has 0 saturated heterocycles. The molecule has 1 heterocycles. The molecule has 0 amide bonds. The van der Waals surface area contributed by atoms with Crippen LogP contribution in [0.5, 0.6) is 5.75 Å². The molecule has 0 spiro atoms. The maximum Gasteiger partial charge on any atom is 0.196 e. The smallest absolute Gasteiger partial charge is 0.196 e. The van der Waals surface area contributed by atoms with Crippen molar-refractivity contribution in [3.63, 3.8) is 0 Å². The van der Waals surface area contributed by atoms with Crippen LogP contribution < -0.4 is 10.1 Å². The van der Waals surface area contributed by atoms with Crippen LogP contribution in [0.15, 0.2) is 42.6 Å². The van der Waals surface area contributed by atoms with E-state index in [0.29, 0.717) is 16.9 Å². The fourth-order valence-corrected chi connectivity index (χ4v) is 2.15. The summed E-state index contributed by atoms with van der Waals surface area (Å²) in [5, 5.41) is 3.21. The summed E-state index contributed by atoms with van der Waals surface area (Å²) in [5.41, 5.74) is 1.19. The molecule has 23 heavy (non-hydrogen) atoms. The first-order chi connectivity index (χ1) is 11.2. The van der Waals surface area contributed by atoms with E-state index >= 15 is 0 Å². The number of carbonyl (C=O) groups is 1. The van der Waals surface area contributed by atoms with Gasteiger partial charge in [0.15, 0.2) is 5.78 Å². The number of hydrogen-bond acceptors (Lipinski definition) is 4. The van der Waals surface area contributed by atoms with Crippen molar-refractivity contribution in [3.8, 4) is 5.75 Å². The van der Waals surface area contributed by atoms with E-state index in [4.69, 9.17) is 4.74 Å². The van der Waals surface area contributed by atoms with E-state index in [-0.39, 0.29) is 11.9 Å². The SMILES string of the molecule is CCCNc1ncccc1C(=O)c1cccc(OC(C)CC)c1. The van der Waals surface area contributed by atoms with Crippen LogP contribution in [-0.2, 0) is 0 Å². The molecule has 4 nitrogen and oxygen atoms in total. The highest BCUT2D eigenvalue weighted by Gasteiger charge is 2.15. The second-order valence-corrected chi connectivity index (χ2v) is 5.52. The van der Waals surface area contributed by atoms with Crippen LogP contribution in [0, 0.1) is 0 Å². The topological polar surface area (TPSA) is 51.2 Å². The number of nitrogens with one attached hydrogen (secondary N) is 1. The van der Waals surface area contributed by atoms with E-state index in [0.717, 1.165) is 25.1 Å². The number of carbonyl (C=O) groups excluding carboxylic acids is 1. The first-order valence-corrected chi connectivity index (χ1v) is 8.16. The number of rotatable bonds is 8. The third-order valence-electron chi connectivity index (χ3n) is 3.60. The van der Waals surface area contributed by atoms with Crippen molar-refractivity contribution in [2.24, 2.45) is 0 Å². The summed E-state index contributed by atoms with van der Waals surface area (Å²) in [6.45, 7) is 6.95. The Balaban J connectivity index is 2.25. The molecule has 0 aliphatic heterocycles. The first kappa shape index (κ1) is 17.0. The summed E-state index contributed by atoms with van der Waals surface area (Å²) >= 11 is 0. The van der Waals surface area contributed by atoms with Gasteiger partial charge in [0.05, 0.1) is 11.7 Å². The van der Waals surface area contributed by atoms with Gasteiger partial charge in [-0.15, -0.1) is 0 Å². The van der Waals surface area contributed by atoms with E-state index in [1.165, 1.54) is 0 Å². The molecule has 2 rings (SSSR count). The van der Waals surface area contributed by atoms with Crippen molar-refractivity contribution in [1.82, 2.24) is 4.98 Å². The van der Waals surface area contributed by atoms with E-state index in [2.05, 4.69) is 24.1 Å². The Kier molecular flexibility index (Phi) is 6.15. The third kappa shape index (κ3) is 4.55. The average molecular weight is 312 g/mol. The van der Waals surface area contributed by atoms with Crippen LogP contribution in [0.25, 0.3) is 0 Å². The van der Waals surface area contributed by atoms with Gasteiger partial charge in [-0.1, -0.05) is 26.0 Å². The fraction of sp³-hybridized carbons (Fsp3) is 0.368. The molecule has 2 aromatic rings. The zero-order valence-electron chi connectivity index (χ0n) is 14.0. The van der Waals surface area contributed by atoms with Crippen LogP contribution in [-0.4, -0.2) is 23.4 Å². The van der Waals surface area contributed by atoms with Crippen molar-refractivity contribution in [1.29, 1.82) is 0 Å². The molecule has 0 fully saturated rings. The zero-order chi connectivity index (χ0) is 16.7. The van der Waals surface area contributed by atoms with Crippen LogP contribution in [0.3, 0.4) is 0 Å². The van der Waals surface area contributed by atoms with Crippen LogP contribution in [0.4, 0.5) is 5.82 Å². The zero-order valence-corrected chi connectivity index (χ0v) is 14.0. The summed E-state index contributed by atoms with van der Waals surface area (Å²) in [6, 6.07) is 10.9. The summed E-state index contributed by atoms with van der Waals surface area (Å²) in [6.07, 6.45) is 3.71. The number of ketones is 1. The Bertz CT molecular complexity index is 655. The molecule has 0 saturated carbocycles. The molecule has 122 valence electrons. The van der Waals surface area contributed by atoms with E-state index in [1.54, 1.807) is 24.4 Å². The lowest BCUT2D eigenvalue weighted by Gasteiger charge is -2.14. The highest BCUT2D eigenvalue weighted by Crippen LogP contribution is 2.21. The molecule has 1 unspecified atom stereocenters. The lowest BCUT2D eigenvalue weighted by Crippen LogP contribution is -2.12. The minimum atomic E-state index is -0.0497. The van der Waals surface area contributed by atoms with Gasteiger partial charge in [0, 0.05) is 18.3 Å². The highest BCUT2D eigenvalue weighted by molar-refractivity contribution is 6.12. The number of ether oxygens (including phenoxy) is 1. The Morgan fingerprint density at radius 1 is 1.26 bits per heavy atom. The number of aromatic nitrogens is 1. The van der Waals surface area contributed by atoms with Crippen molar-refractivity contribution < 1.29 is 9.53 Å². The van der Waals surface area contributed by atoms with Crippen molar-refractivity contribution in [2.75, 3.05) is 11.9 Å². The minimum Gasteiger partial charge on any atom is -0.491 e. The predicted octanol–water partition coefficient (Wildman–Crippen LogP) is 4.31. The highest BCUT2D eigenvalue weighted by atomic mass is 16.5. The third-order valence-corrected chi connectivity index (χ3v) is 3.60. The van der Waals surface area contributed by atoms with E-state index < -0.39 is 0 Å². The fourth-order valence-electron chi connectivity index (χ4n) is 2.15. The summed E-state index contributed by atoms with van der Waals surface area (Å²) in [4.78, 5) is 17.1. The van der Waals surface area contributed by atoms with Gasteiger partial charge in [-0.25, -0.2) is 4.98 Å². The van der Waals surface area contributed by atoms with Gasteiger partial charge in [0.1, 0.15) is 11.6 Å². The lowest BCUT2D eigenvalue weighted by atomic mass is 10.0. The number of nitrogens with zero attached hydrogens (tertiary/aromatic N) is 1. The van der Waals surface area contributed by atoms with Gasteiger partial charge in [0.25, 0.3) is 0 Å². The minimum absolute atomic E-state index is 0.0497. The van der Waals surface area contributed by atoms with Crippen LogP contribution >= 0.6 is 0 Å². The summed E-state index contributed by atoms with van der Waals surface area (Å²) in [5.74, 6) is 1.30. The molecular formula is C19H24N2O2. The number of pyridine rings is 1. The molecular weight excluding hydrogens is 288 g/mol. The van der Waals surface area contributed by atoms with Gasteiger partial charge in [-0.3, -0.25) is 4.79 Å². The van der Waals surface area contributed by atoms with Gasteiger partial charge < -0.3 is 10.1 Å². The normalized spacial score (nSPS) is 11.8. The van der Waals surface area contributed by atoms with E-state index in [1.807, 2.05) is 25.1 Å². The number of hydrogen-bond donors (Lipinski definition) is 1. The summed E-state index contributed by atoms with van der Waals surface area (Å²) in [7, 11) is 0. The Hall–Kier alpha value is -2.36. The van der Waals surface area contributed by atoms with Gasteiger partial charge in [-0.05, 0) is 44.0 Å². The molecule has 0 aliphatic rings. The number of anilines is 1. The predicted molar refractivity (Wildman–Crippen MR) is 93.3 cm³/mol. The Morgan fingerprint density at radius 3 is 2.83 bits per heavy atom. The van der Waals surface area contributed by atoms with Crippen LogP contribution in [0.2, 0.25) is 0 Å². The van der Waals surface area contributed by atoms with Gasteiger partial charge in [-0.2, -0.15) is 0 Å². The Labute approximate surface area is 137 Å². The quantitative estimate of drug-likeness (QED) is 0.738. The molecule has 4 heteroatoms. The molecule has 1 N–H and O–H groups in total. The monoisotopic (exact) mass is 312 g/mol. The van der Waals surface area contributed by atoms with Gasteiger partial charge >= 0.3 is 0 Å². The largest absolute Gasteiger partial charge is 0.491 e. The maximum absolute atomic E-state index is 12.8. The molecule has 0 radical (unpaired) electrons. The standard InChI is InChI=1S/C19H24N2O2/c1-4-11-20-19-17(10-7-12-21-19)18(22)15-8-6-9-16(13-15)23-14(3)5-2/h6-10,12-14H,4-5,11H2,1-3H3,(H,20,21). The maximum atomic E-state index is 12.8. The van der Waals surface area contributed by atoms with Crippen molar-refractivity contribution in [2.45, 2.75) is 39.7 Å². The molecule has 1 aromatic carbocycles. The average Bonchev–Trinajstić information content (AvgIpc) is 2.59. The van der Waals surface area contributed by atoms with Crippen LogP contribution in [0.1, 0.15) is 49.5 Å². The second kappa shape index (κ2) is 8.32. The number of benzene rings is 1. The Morgan fingerprint density at radius 2 is 2.09 bits per heavy atom. The van der Waals surface area contributed by atoms with Gasteiger partial charge in [0.2, 0.25) is 0 Å². The molecule has 1 aromatic heterocycles. The second-order valence-electron chi connectivity index (χ2n) is 5.52. The first-order valence-electron chi connectivity index (χ1n) is 8.16.